The molecule has 2 rings (SSSR count). The van der Waals surface area contributed by atoms with E-state index in [1.807, 2.05) is 0 Å². The van der Waals surface area contributed by atoms with Gasteiger partial charge in [0.15, 0.2) is 5.84 Å². The minimum atomic E-state index is -0.527. The largest absolute Gasteiger partial charge is 0.409 e. The molecule has 4 N–H and O–H groups in total. The van der Waals surface area contributed by atoms with Crippen LogP contribution in [0.4, 0.5) is 4.39 Å². The first-order chi connectivity index (χ1) is 9.61. The fourth-order valence-electron chi connectivity index (χ4n) is 1.58. The van der Waals surface area contributed by atoms with Gasteiger partial charge >= 0.3 is 0 Å². The second-order valence-electron chi connectivity index (χ2n) is 3.95. The molecule has 104 valence electrons. The highest BCUT2D eigenvalue weighted by Gasteiger charge is 2.09. The molecule has 1 heterocycles. The zero-order chi connectivity index (χ0) is 14.5. The Bertz CT molecular complexity index is 641. The highest BCUT2D eigenvalue weighted by Crippen LogP contribution is 2.12. The summed E-state index contributed by atoms with van der Waals surface area (Å²) in [4.78, 5) is 12.3. The van der Waals surface area contributed by atoms with Gasteiger partial charge in [0.2, 0.25) is 0 Å². The molecule has 7 heteroatoms. The summed E-state index contributed by atoms with van der Waals surface area (Å²) < 4.78 is 13.8. The van der Waals surface area contributed by atoms with Crippen molar-refractivity contribution in [2.45, 2.75) is 6.54 Å². The molecule has 0 aliphatic rings. The Labute approximate surface area is 118 Å². The predicted octanol–water partition coefficient (Wildman–Crippen LogP) is 1.91. The van der Waals surface area contributed by atoms with E-state index < -0.39 is 5.82 Å². The first-order valence-electron chi connectivity index (χ1n) is 5.70. The number of hydrogen-bond acceptors (Lipinski definition) is 4. The molecule has 1 aromatic heterocycles. The van der Waals surface area contributed by atoms with Gasteiger partial charge in [0, 0.05) is 17.7 Å². The molecule has 1 amide bonds. The Morgan fingerprint density at radius 1 is 1.45 bits per heavy atom. The van der Waals surface area contributed by atoms with Crippen molar-refractivity contribution in [3.63, 3.8) is 0 Å². The van der Waals surface area contributed by atoms with E-state index in [0.29, 0.717) is 10.4 Å². The van der Waals surface area contributed by atoms with E-state index in [0.717, 1.165) is 6.07 Å². The number of amides is 1. The Balaban J connectivity index is 2.05. The van der Waals surface area contributed by atoms with Crippen LogP contribution in [0.1, 0.15) is 20.8 Å². The van der Waals surface area contributed by atoms with Gasteiger partial charge in [-0.1, -0.05) is 23.4 Å². The summed E-state index contributed by atoms with van der Waals surface area (Å²) in [5, 5.41) is 15.7. The van der Waals surface area contributed by atoms with Gasteiger partial charge in [-0.2, -0.15) is 0 Å². The van der Waals surface area contributed by atoms with Crippen LogP contribution < -0.4 is 11.1 Å². The van der Waals surface area contributed by atoms with Gasteiger partial charge in [-0.3, -0.25) is 4.79 Å². The Hall–Kier alpha value is -2.41. The lowest BCUT2D eigenvalue weighted by atomic mass is 10.1. The smallest absolute Gasteiger partial charge is 0.261 e. The van der Waals surface area contributed by atoms with Crippen molar-refractivity contribution >= 4 is 23.1 Å². The summed E-state index contributed by atoms with van der Waals surface area (Å²) in [5.74, 6) is -0.946. The zero-order valence-corrected chi connectivity index (χ0v) is 11.2. The molecule has 0 bridgehead atoms. The van der Waals surface area contributed by atoms with Gasteiger partial charge in [-0.25, -0.2) is 4.39 Å². The van der Waals surface area contributed by atoms with Gasteiger partial charge in [0.05, 0.1) is 4.88 Å². The SMILES string of the molecule is NC(=NO)c1ccc(CNC(=O)c2cccs2)c(F)c1. The third-order valence-electron chi connectivity index (χ3n) is 2.64. The van der Waals surface area contributed by atoms with Gasteiger partial charge in [-0.15, -0.1) is 11.3 Å². The Kier molecular flexibility index (Phi) is 4.31. The lowest BCUT2D eigenvalue weighted by molar-refractivity contribution is 0.0954. The standard InChI is InChI=1S/C13H12FN3O2S/c14-10-6-8(12(15)17-19)3-4-9(10)7-16-13(18)11-2-1-5-20-11/h1-6,19H,7H2,(H2,15,17)(H,16,18). The number of halogens is 1. The molecule has 0 saturated heterocycles. The van der Waals surface area contributed by atoms with Crippen LogP contribution in [0.15, 0.2) is 40.9 Å². The quantitative estimate of drug-likeness (QED) is 0.348. The monoisotopic (exact) mass is 293 g/mol. The van der Waals surface area contributed by atoms with Crippen molar-refractivity contribution in [3.8, 4) is 0 Å². The van der Waals surface area contributed by atoms with Crippen LogP contribution in [0.2, 0.25) is 0 Å². The molecule has 0 spiro atoms. The topological polar surface area (TPSA) is 87.7 Å². The number of thiophene rings is 1. The second kappa shape index (κ2) is 6.16. The van der Waals surface area contributed by atoms with Gasteiger partial charge in [0.1, 0.15) is 5.82 Å². The maximum Gasteiger partial charge on any atom is 0.261 e. The van der Waals surface area contributed by atoms with E-state index in [1.165, 1.54) is 23.5 Å². The molecule has 0 saturated carbocycles. The number of rotatable bonds is 4. The summed E-state index contributed by atoms with van der Waals surface area (Å²) in [7, 11) is 0. The van der Waals surface area contributed by atoms with Crippen LogP contribution in [-0.4, -0.2) is 17.0 Å². The summed E-state index contributed by atoms with van der Waals surface area (Å²) in [6.07, 6.45) is 0. The third-order valence-corrected chi connectivity index (χ3v) is 3.51. The predicted molar refractivity (Wildman–Crippen MR) is 74.4 cm³/mol. The molecule has 0 unspecified atom stereocenters. The summed E-state index contributed by atoms with van der Waals surface area (Å²) in [6, 6.07) is 7.62. The fourth-order valence-corrected chi connectivity index (χ4v) is 2.22. The van der Waals surface area contributed by atoms with Crippen LogP contribution in [-0.2, 0) is 6.54 Å². The van der Waals surface area contributed by atoms with Crippen LogP contribution in [0.3, 0.4) is 0 Å². The summed E-state index contributed by atoms with van der Waals surface area (Å²) in [6.45, 7) is 0.0685. The maximum absolute atomic E-state index is 13.8. The van der Waals surface area contributed by atoms with Crippen LogP contribution in [0.25, 0.3) is 0 Å². The molecule has 0 radical (unpaired) electrons. The number of nitrogens with two attached hydrogens (primary N) is 1. The number of carbonyl (C=O) groups is 1. The molecule has 5 nitrogen and oxygen atoms in total. The van der Waals surface area contributed by atoms with E-state index in [2.05, 4.69) is 10.5 Å². The number of hydrogen-bond donors (Lipinski definition) is 3. The van der Waals surface area contributed by atoms with Gasteiger partial charge < -0.3 is 16.3 Å². The Morgan fingerprint density at radius 2 is 2.25 bits per heavy atom. The van der Waals surface area contributed by atoms with Crippen LogP contribution in [0, 0.1) is 5.82 Å². The molecule has 0 aliphatic heterocycles. The molecule has 2 aromatic rings. The minimum Gasteiger partial charge on any atom is -0.409 e. The molecule has 20 heavy (non-hydrogen) atoms. The minimum absolute atomic E-state index is 0.0685. The van der Waals surface area contributed by atoms with Gasteiger partial charge in [0.25, 0.3) is 5.91 Å². The molecule has 0 atom stereocenters. The molecule has 0 aliphatic carbocycles. The normalized spacial score (nSPS) is 11.3. The van der Waals surface area contributed by atoms with E-state index in [1.54, 1.807) is 17.5 Å². The van der Waals surface area contributed by atoms with Crippen molar-refractivity contribution in [3.05, 3.63) is 57.5 Å². The van der Waals surface area contributed by atoms with E-state index >= 15 is 0 Å². The van der Waals surface area contributed by atoms with E-state index in [4.69, 9.17) is 10.9 Å². The highest BCUT2D eigenvalue weighted by molar-refractivity contribution is 7.12. The molecular formula is C13H12FN3O2S. The van der Waals surface area contributed by atoms with E-state index in [9.17, 15) is 9.18 Å². The number of oxime groups is 1. The third kappa shape index (κ3) is 3.12. The number of nitrogens with one attached hydrogen (secondary N) is 1. The van der Waals surface area contributed by atoms with Crippen molar-refractivity contribution in [1.29, 1.82) is 0 Å². The first-order valence-corrected chi connectivity index (χ1v) is 6.58. The lowest BCUT2D eigenvalue weighted by Crippen LogP contribution is -2.22. The summed E-state index contributed by atoms with van der Waals surface area (Å²) >= 11 is 1.31. The number of nitrogens with zero attached hydrogens (tertiary/aromatic N) is 1. The number of amidine groups is 1. The van der Waals surface area contributed by atoms with Crippen molar-refractivity contribution < 1.29 is 14.4 Å². The average Bonchev–Trinajstić information content (AvgIpc) is 2.99. The summed E-state index contributed by atoms with van der Waals surface area (Å²) in [5.41, 5.74) is 5.96. The number of carbonyl (C=O) groups excluding carboxylic acids is 1. The van der Waals surface area contributed by atoms with Gasteiger partial charge in [-0.05, 0) is 17.5 Å². The molecule has 0 fully saturated rings. The van der Waals surface area contributed by atoms with Crippen molar-refractivity contribution in [2.24, 2.45) is 10.9 Å². The lowest BCUT2D eigenvalue weighted by Gasteiger charge is -2.07. The molecular weight excluding hydrogens is 281 g/mol. The zero-order valence-electron chi connectivity index (χ0n) is 10.3. The molecule has 1 aromatic carbocycles. The van der Waals surface area contributed by atoms with Crippen molar-refractivity contribution in [1.82, 2.24) is 5.32 Å². The van der Waals surface area contributed by atoms with Crippen molar-refractivity contribution in [2.75, 3.05) is 0 Å². The van der Waals surface area contributed by atoms with Crippen LogP contribution >= 0.6 is 11.3 Å². The number of benzene rings is 1. The fraction of sp³-hybridized carbons (Fsp3) is 0.0769. The average molecular weight is 293 g/mol. The highest BCUT2D eigenvalue weighted by atomic mass is 32.1. The maximum atomic E-state index is 13.8. The van der Waals surface area contributed by atoms with E-state index in [-0.39, 0.29) is 23.9 Å². The Morgan fingerprint density at radius 3 is 2.85 bits per heavy atom. The first kappa shape index (κ1) is 14.0. The van der Waals surface area contributed by atoms with Crippen LogP contribution in [0.5, 0.6) is 0 Å². The second-order valence-corrected chi connectivity index (χ2v) is 4.90.